The molecule has 1 aromatic rings. The average molecular weight is 295 g/mol. The minimum Gasteiger partial charge on any atom is -0.390 e. The van der Waals surface area contributed by atoms with Gasteiger partial charge < -0.3 is 14.4 Å². The van der Waals surface area contributed by atoms with Crippen molar-refractivity contribution in [3.63, 3.8) is 0 Å². The van der Waals surface area contributed by atoms with Crippen LogP contribution in [0, 0.1) is 0 Å². The van der Waals surface area contributed by atoms with Gasteiger partial charge in [0, 0.05) is 18.3 Å². The predicted molar refractivity (Wildman–Crippen MR) is 84.1 cm³/mol. The minimum absolute atomic E-state index is 0.0345. The summed E-state index contributed by atoms with van der Waals surface area (Å²) in [5, 5.41) is 0. The van der Waals surface area contributed by atoms with Gasteiger partial charge in [-0.3, -0.25) is 4.99 Å². The lowest BCUT2D eigenvalue weighted by Crippen LogP contribution is -2.34. The Hall–Kier alpha value is -1.01. The average Bonchev–Trinajstić information content (AvgIpc) is 2.32. The molecular formula is C15H25NO3Si. The summed E-state index contributed by atoms with van der Waals surface area (Å²) in [7, 11) is -3.91. The van der Waals surface area contributed by atoms with Crippen LogP contribution in [0.1, 0.15) is 45.2 Å². The summed E-state index contributed by atoms with van der Waals surface area (Å²) < 4.78 is 0. The van der Waals surface area contributed by atoms with Crippen LogP contribution in [0.4, 0.5) is 0 Å². The van der Waals surface area contributed by atoms with Crippen LogP contribution in [0.2, 0.25) is 6.04 Å². The van der Waals surface area contributed by atoms with Gasteiger partial charge in [0.15, 0.2) is 0 Å². The summed E-state index contributed by atoms with van der Waals surface area (Å²) in [4.78, 5) is 31.1. The molecule has 0 saturated heterocycles. The molecule has 0 aliphatic heterocycles. The van der Waals surface area contributed by atoms with Crippen LogP contribution in [-0.2, 0) is 5.41 Å². The maximum Gasteiger partial charge on any atom is 0.492 e. The number of nitrogens with zero attached hydrogens (tertiary/aromatic N) is 1. The van der Waals surface area contributed by atoms with E-state index in [0.29, 0.717) is 13.0 Å². The first-order valence-electron chi connectivity index (χ1n) is 6.89. The Morgan fingerprint density at radius 2 is 1.65 bits per heavy atom. The molecule has 0 atom stereocenters. The summed E-state index contributed by atoms with van der Waals surface area (Å²) in [5.74, 6) is 0. The van der Waals surface area contributed by atoms with E-state index in [9.17, 15) is 0 Å². The van der Waals surface area contributed by atoms with Crippen molar-refractivity contribution < 1.29 is 14.4 Å². The molecule has 112 valence electrons. The van der Waals surface area contributed by atoms with E-state index in [-0.39, 0.29) is 11.5 Å². The second-order valence-corrected chi connectivity index (χ2v) is 8.22. The van der Waals surface area contributed by atoms with Gasteiger partial charge in [0.1, 0.15) is 0 Å². The second kappa shape index (κ2) is 6.63. The Labute approximate surface area is 122 Å². The molecule has 4 nitrogen and oxygen atoms in total. The standard InChI is InChI=1S/C15H25NO3Si/c1-12(16-10-5-11-20(17,18)19)13-6-8-14(9-7-13)15(2,3)4/h6-9,17-19H,5,10-11H2,1-4H3. The van der Waals surface area contributed by atoms with Crippen LogP contribution >= 0.6 is 0 Å². The van der Waals surface area contributed by atoms with Gasteiger partial charge in [-0.05, 0) is 29.9 Å². The fourth-order valence-corrected chi connectivity index (χ4v) is 2.50. The quantitative estimate of drug-likeness (QED) is 0.442. The molecule has 3 N–H and O–H groups in total. The fraction of sp³-hybridized carbons (Fsp3) is 0.533. The lowest BCUT2D eigenvalue weighted by atomic mass is 9.86. The van der Waals surface area contributed by atoms with Gasteiger partial charge >= 0.3 is 8.80 Å². The van der Waals surface area contributed by atoms with E-state index in [4.69, 9.17) is 14.4 Å². The summed E-state index contributed by atoms with van der Waals surface area (Å²) in [6.45, 7) is 8.96. The molecule has 0 saturated carbocycles. The van der Waals surface area contributed by atoms with E-state index in [2.05, 4.69) is 50.0 Å². The molecule has 0 spiro atoms. The first kappa shape index (κ1) is 17.0. The maximum atomic E-state index is 8.91. The first-order valence-corrected chi connectivity index (χ1v) is 8.93. The molecule has 20 heavy (non-hydrogen) atoms. The first-order chi connectivity index (χ1) is 9.09. The SMILES string of the molecule is CC(=NCCC[Si](O)(O)O)c1ccc(C(C)(C)C)cc1. The lowest BCUT2D eigenvalue weighted by molar-refractivity contribution is 0.227. The van der Waals surface area contributed by atoms with Gasteiger partial charge in [0.25, 0.3) is 0 Å². The van der Waals surface area contributed by atoms with Crippen molar-refractivity contribution in [3.05, 3.63) is 35.4 Å². The van der Waals surface area contributed by atoms with Crippen molar-refractivity contribution in [1.29, 1.82) is 0 Å². The summed E-state index contributed by atoms with van der Waals surface area (Å²) >= 11 is 0. The van der Waals surface area contributed by atoms with E-state index in [1.165, 1.54) is 5.56 Å². The molecule has 0 aromatic heterocycles. The molecule has 0 radical (unpaired) electrons. The van der Waals surface area contributed by atoms with Gasteiger partial charge in [0.2, 0.25) is 0 Å². The second-order valence-electron chi connectivity index (χ2n) is 6.17. The highest BCUT2D eigenvalue weighted by Gasteiger charge is 2.25. The zero-order valence-electron chi connectivity index (χ0n) is 12.7. The highest BCUT2D eigenvalue weighted by atomic mass is 28.4. The third kappa shape index (κ3) is 5.96. The third-order valence-electron chi connectivity index (χ3n) is 3.19. The normalized spacial score (nSPS) is 13.7. The number of benzene rings is 1. The van der Waals surface area contributed by atoms with Crippen molar-refractivity contribution >= 4 is 14.5 Å². The monoisotopic (exact) mass is 295 g/mol. The largest absolute Gasteiger partial charge is 0.492 e. The minimum atomic E-state index is -3.91. The molecule has 1 aromatic carbocycles. The number of hydrogen-bond donors (Lipinski definition) is 3. The number of rotatable bonds is 5. The predicted octanol–water partition coefficient (Wildman–Crippen LogP) is 2.10. The van der Waals surface area contributed by atoms with E-state index in [1.54, 1.807) is 0 Å². The Morgan fingerprint density at radius 3 is 2.10 bits per heavy atom. The van der Waals surface area contributed by atoms with Gasteiger partial charge in [-0.1, -0.05) is 45.0 Å². The molecule has 5 heteroatoms. The highest BCUT2D eigenvalue weighted by Crippen LogP contribution is 2.22. The van der Waals surface area contributed by atoms with E-state index in [1.807, 2.05) is 6.92 Å². The van der Waals surface area contributed by atoms with Crippen molar-refractivity contribution in [2.24, 2.45) is 4.99 Å². The molecule has 0 fully saturated rings. The molecule has 0 aliphatic carbocycles. The van der Waals surface area contributed by atoms with Gasteiger partial charge in [-0.15, -0.1) is 0 Å². The molecular weight excluding hydrogens is 270 g/mol. The van der Waals surface area contributed by atoms with Crippen LogP contribution in [-0.4, -0.2) is 35.4 Å². The topological polar surface area (TPSA) is 73.1 Å². The molecule has 1 rings (SSSR count). The van der Waals surface area contributed by atoms with Gasteiger partial charge in [-0.2, -0.15) is 0 Å². The van der Waals surface area contributed by atoms with E-state index in [0.717, 1.165) is 11.3 Å². The lowest BCUT2D eigenvalue weighted by Gasteiger charge is -2.19. The summed E-state index contributed by atoms with van der Waals surface area (Å²) in [6, 6.07) is 8.38. The van der Waals surface area contributed by atoms with Crippen LogP contribution in [0.15, 0.2) is 29.3 Å². The fourth-order valence-electron chi connectivity index (χ4n) is 1.87. The Kier molecular flexibility index (Phi) is 5.65. The van der Waals surface area contributed by atoms with Crippen molar-refractivity contribution in [2.45, 2.75) is 45.6 Å². The van der Waals surface area contributed by atoms with Crippen LogP contribution < -0.4 is 0 Å². The van der Waals surface area contributed by atoms with Crippen molar-refractivity contribution in [1.82, 2.24) is 0 Å². The number of hydrogen-bond acceptors (Lipinski definition) is 4. The molecule has 0 heterocycles. The van der Waals surface area contributed by atoms with Crippen LogP contribution in [0.5, 0.6) is 0 Å². The summed E-state index contributed by atoms with van der Waals surface area (Å²) in [6.07, 6.45) is 0.479. The van der Waals surface area contributed by atoms with Crippen LogP contribution in [0.3, 0.4) is 0 Å². The zero-order valence-corrected chi connectivity index (χ0v) is 13.7. The van der Waals surface area contributed by atoms with Crippen LogP contribution in [0.25, 0.3) is 0 Å². The third-order valence-corrected chi connectivity index (χ3v) is 4.21. The van der Waals surface area contributed by atoms with E-state index < -0.39 is 8.80 Å². The number of aliphatic imine (C=N–C) groups is 1. The molecule has 0 amide bonds. The Morgan fingerprint density at radius 1 is 1.10 bits per heavy atom. The van der Waals surface area contributed by atoms with Gasteiger partial charge in [-0.25, -0.2) is 0 Å². The smallest absolute Gasteiger partial charge is 0.390 e. The zero-order chi connectivity index (χ0) is 15.4. The molecule has 0 unspecified atom stereocenters. The summed E-state index contributed by atoms with van der Waals surface area (Å²) in [5.41, 5.74) is 3.41. The van der Waals surface area contributed by atoms with Crippen molar-refractivity contribution in [2.75, 3.05) is 6.54 Å². The van der Waals surface area contributed by atoms with Gasteiger partial charge in [0.05, 0.1) is 0 Å². The Bertz CT molecular complexity index is 455. The molecule has 0 aliphatic rings. The Balaban J connectivity index is 2.61. The van der Waals surface area contributed by atoms with E-state index >= 15 is 0 Å². The van der Waals surface area contributed by atoms with Crippen molar-refractivity contribution in [3.8, 4) is 0 Å². The molecule has 0 bridgehead atoms. The maximum absolute atomic E-state index is 8.91. The highest BCUT2D eigenvalue weighted by molar-refractivity contribution is 6.56.